The molecular formula is C18H22N2O3S. The van der Waals surface area contributed by atoms with Gasteiger partial charge in [0.15, 0.2) is 0 Å². The van der Waals surface area contributed by atoms with Crippen LogP contribution in [0.3, 0.4) is 0 Å². The van der Waals surface area contributed by atoms with Crippen LogP contribution in [-0.2, 0) is 10.0 Å². The maximum atomic E-state index is 12.4. The second-order valence-electron chi connectivity index (χ2n) is 5.92. The smallest absolute Gasteiger partial charge is 0.251 e. The van der Waals surface area contributed by atoms with Crippen LogP contribution in [0.4, 0.5) is 0 Å². The Morgan fingerprint density at radius 2 is 1.71 bits per heavy atom. The molecule has 2 aromatic rings. The lowest BCUT2D eigenvalue weighted by atomic mass is 10.1. The number of hydrogen-bond donors (Lipinski definition) is 1. The SMILES string of the molecule is Cc1ccc([C@H](C)NC(=O)c2cccc(S(=O)(=O)N(C)C)c2)cc1. The van der Waals surface area contributed by atoms with Gasteiger partial charge in [-0.2, -0.15) is 0 Å². The fourth-order valence-electron chi connectivity index (χ4n) is 2.23. The van der Waals surface area contributed by atoms with Crippen LogP contribution in [0.2, 0.25) is 0 Å². The van der Waals surface area contributed by atoms with E-state index in [2.05, 4.69) is 5.32 Å². The summed E-state index contributed by atoms with van der Waals surface area (Å²) in [4.78, 5) is 12.5. The van der Waals surface area contributed by atoms with Crippen molar-refractivity contribution in [2.45, 2.75) is 24.8 Å². The van der Waals surface area contributed by atoms with E-state index >= 15 is 0 Å². The van der Waals surface area contributed by atoms with Crippen LogP contribution in [0.5, 0.6) is 0 Å². The van der Waals surface area contributed by atoms with Gasteiger partial charge < -0.3 is 5.32 Å². The van der Waals surface area contributed by atoms with Gasteiger partial charge in [0.25, 0.3) is 5.91 Å². The van der Waals surface area contributed by atoms with Crippen LogP contribution in [-0.4, -0.2) is 32.7 Å². The van der Waals surface area contributed by atoms with E-state index in [1.54, 1.807) is 12.1 Å². The van der Waals surface area contributed by atoms with Gasteiger partial charge in [-0.3, -0.25) is 4.79 Å². The average Bonchev–Trinajstić information content (AvgIpc) is 2.55. The molecule has 0 bridgehead atoms. The predicted molar refractivity (Wildman–Crippen MR) is 94.4 cm³/mol. The minimum Gasteiger partial charge on any atom is -0.346 e. The zero-order chi connectivity index (χ0) is 17.9. The molecule has 6 heteroatoms. The number of rotatable bonds is 5. The van der Waals surface area contributed by atoms with Gasteiger partial charge in [0.05, 0.1) is 10.9 Å². The number of amides is 1. The molecule has 0 aliphatic carbocycles. The first-order valence-electron chi connectivity index (χ1n) is 7.62. The number of carbonyl (C=O) groups is 1. The first kappa shape index (κ1) is 18.2. The molecule has 1 N–H and O–H groups in total. The molecule has 1 atom stereocenters. The van der Waals surface area contributed by atoms with Crippen LogP contribution < -0.4 is 5.32 Å². The van der Waals surface area contributed by atoms with Gasteiger partial charge in [0.2, 0.25) is 10.0 Å². The molecule has 0 saturated carbocycles. The molecule has 0 aliphatic heterocycles. The fourth-order valence-corrected chi connectivity index (χ4v) is 3.18. The van der Waals surface area contributed by atoms with Crippen LogP contribution >= 0.6 is 0 Å². The van der Waals surface area contributed by atoms with Gasteiger partial charge >= 0.3 is 0 Å². The van der Waals surface area contributed by atoms with E-state index in [9.17, 15) is 13.2 Å². The molecule has 0 aromatic heterocycles. The Kier molecular flexibility index (Phi) is 5.41. The van der Waals surface area contributed by atoms with Crippen molar-refractivity contribution in [1.29, 1.82) is 0 Å². The topological polar surface area (TPSA) is 66.5 Å². The predicted octanol–water partition coefficient (Wildman–Crippen LogP) is 2.74. The molecule has 0 saturated heterocycles. The van der Waals surface area contributed by atoms with Crippen LogP contribution in [0.25, 0.3) is 0 Å². The number of aryl methyl sites for hydroxylation is 1. The lowest BCUT2D eigenvalue weighted by Crippen LogP contribution is -2.27. The molecule has 2 rings (SSSR count). The highest BCUT2D eigenvalue weighted by molar-refractivity contribution is 7.89. The molecule has 0 heterocycles. The van der Waals surface area contributed by atoms with Crippen LogP contribution in [0.15, 0.2) is 53.4 Å². The molecule has 0 unspecified atom stereocenters. The number of nitrogens with zero attached hydrogens (tertiary/aromatic N) is 1. The average molecular weight is 346 g/mol. The quantitative estimate of drug-likeness (QED) is 0.905. The summed E-state index contributed by atoms with van der Waals surface area (Å²) in [6.45, 7) is 3.90. The third-order valence-corrected chi connectivity index (χ3v) is 5.61. The molecule has 2 aromatic carbocycles. The Bertz CT molecular complexity index is 828. The van der Waals surface area contributed by atoms with E-state index < -0.39 is 10.0 Å². The lowest BCUT2D eigenvalue weighted by Gasteiger charge is -2.16. The summed E-state index contributed by atoms with van der Waals surface area (Å²) in [7, 11) is -0.645. The van der Waals surface area contributed by atoms with E-state index in [4.69, 9.17) is 0 Å². The van der Waals surface area contributed by atoms with Crippen molar-refractivity contribution in [3.63, 3.8) is 0 Å². The summed E-state index contributed by atoms with van der Waals surface area (Å²) in [5.41, 5.74) is 2.46. The summed E-state index contributed by atoms with van der Waals surface area (Å²) >= 11 is 0. The van der Waals surface area contributed by atoms with Crippen LogP contribution in [0.1, 0.15) is 34.5 Å². The zero-order valence-corrected chi connectivity index (χ0v) is 15.1. The molecule has 0 aliphatic rings. The second kappa shape index (κ2) is 7.15. The largest absolute Gasteiger partial charge is 0.346 e. The monoisotopic (exact) mass is 346 g/mol. The fraction of sp³-hybridized carbons (Fsp3) is 0.278. The molecular weight excluding hydrogens is 324 g/mol. The van der Waals surface area contributed by atoms with E-state index in [-0.39, 0.29) is 16.8 Å². The normalized spacial score (nSPS) is 12.9. The van der Waals surface area contributed by atoms with Crippen molar-refractivity contribution < 1.29 is 13.2 Å². The second-order valence-corrected chi connectivity index (χ2v) is 8.07. The standard InChI is InChI=1S/C18H22N2O3S/c1-13-8-10-15(11-9-13)14(2)19-18(21)16-6-5-7-17(12-16)24(22,23)20(3)4/h5-12,14H,1-4H3,(H,19,21)/t14-/m0/s1. The minimum absolute atomic E-state index is 0.100. The highest BCUT2D eigenvalue weighted by Crippen LogP contribution is 2.17. The Morgan fingerprint density at radius 1 is 1.08 bits per heavy atom. The minimum atomic E-state index is -3.56. The Labute approximate surface area is 143 Å². The zero-order valence-electron chi connectivity index (χ0n) is 14.3. The molecule has 0 radical (unpaired) electrons. The van der Waals surface area contributed by atoms with Crippen molar-refractivity contribution in [2.24, 2.45) is 0 Å². The third kappa shape index (κ3) is 4.01. The Balaban J connectivity index is 2.20. The van der Waals surface area contributed by atoms with Gasteiger partial charge in [-0.15, -0.1) is 0 Å². The summed E-state index contributed by atoms with van der Waals surface area (Å²) in [5, 5.41) is 2.89. The molecule has 0 spiro atoms. The number of benzene rings is 2. The van der Waals surface area contributed by atoms with Crippen molar-refractivity contribution in [2.75, 3.05) is 14.1 Å². The van der Waals surface area contributed by atoms with Crippen molar-refractivity contribution >= 4 is 15.9 Å². The lowest BCUT2D eigenvalue weighted by molar-refractivity contribution is 0.0939. The van der Waals surface area contributed by atoms with Crippen molar-refractivity contribution in [1.82, 2.24) is 9.62 Å². The first-order chi connectivity index (χ1) is 11.2. The number of hydrogen-bond acceptors (Lipinski definition) is 3. The summed E-state index contributed by atoms with van der Waals surface area (Å²) in [6.07, 6.45) is 0. The third-order valence-electron chi connectivity index (χ3n) is 3.80. The maximum absolute atomic E-state index is 12.4. The highest BCUT2D eigenvalue weighted by atomic mass is 32.2. The number of sulfonamides is 1. The molecule has 0 fully saturated rings. The number of carbonyl (C=O) groups excluding carboxylic acids is 1. The molecule has 24 heavy (non-hydrogen) atoms. The number of nitrogens with one attached hydrogen (secondary N) is 1. The van der Waals surface area contributed by atoms with Gasteiger partial charge in [0, 0.05) is 19.7 Å². The first-order valence-corrected chi connectivity index (χ1v) is 9.06. The summed E-state index contributed by atoms with van der Waals surface area (Å²) in [5.74, 6) is -0.307. The van der Waals surface area contributed by atoms with E-state index in [1.165, 1.54) is 26.2 Å². The van der Waals surface area contributed by atoms with Crippen molar-refractivity contribution in [3.8, 4) is 0 Å². The Hall–Kier alpha value is -2.18. The highest BCUT2D eigenvalue weighted by Gasteiger charge is 2.19. The van der Waals surface area contributed by atoms with E-state index in [1.807, 2.05) is 38.1 Å². The van der Waals surface area contributed by atoms with E-state index in [0.717, 1.165) is 15.4 Å². The van der Waals surface area contributed by atoms with Crippen LogP contribution in [0, 0.1) is 6.92 Å². The molecule has 1 amide bonds. The van der Waals surface area contributed by atoms with Gasteiger partial charge in [-0.1, -0.05) is 35.9 Å². The Morgan fingerprint density at radius 3 is 2.29 bits per heavy atom. The maximum Gasteiger partial charge on any atom is 0.251 e. The van der Waals surface area contributed by atoms with Gasteiger partial charge in [-0.25, -0.2) is 12.7 Å². The van der Waals surface area contributed by atoms with Crippen molar-refractivity contribution in [3.05, 3.63) is 65.2 Å². The van der Waals surface area contributed by atoms with Gasteiger partial charge in [-0.05, 0) is 37.6 Å². The molecule has 5 nitrogen and oxygen atoms in total. The summed E-state index contributed by atoms with van der Waals surface area (Å²) in [6, 6.07) is 13.8. The van der Waals surface area contributed by atoms with Gasteiger partial charge in [0.1, 0.15) is 0 Å². The molecule has 128 valence electrons. The van der Waals surface area contributed by atoms with E-state index in [0.29, 0.717) is 5.56 Å². The summed E-state index contributed by atoms with van der Waals surface area (Å²) < 4.78 is 25.5.